The van der Waals surface area contributed by atoms with Crippen LogP contribution in [0.1, 0.15) is 38.7 Å². The monoisotopic (exact) mass is 518 g/mol. The maximum absolute atomic E-state index is 11.6. The summed E-state index contributed by atoms with van der Waals surface area (Å²) in [4.78, 5) is 16.7. The molecule has 0 bridgehead atoms. The summed E-state index contributed by atoms with van der Waals surface area (Å²) in [5, 5.41) is 18.9. The van der Waals surface area contributed by atoms with Crippen molar-refractivity contribution in [2.75, 3.05) is 26.2 Å². The standard InChI is InChI=1S/C16H27ClN4O3S.HI/c1-5-18-14(19-8-9-20-15(23)24-16(2,3)4)21-10-11(22)12-6-7-13(17)25-12;/h6-7,11,22H,5,8-10H2,1-4H3,(H,20,23)(H2,18,19,21);1H. The van der Waals surface area contributed by atoms with Gasteiger partial charge in [-0.1, -0.05) is 11.6 Å². The topological polar surface area (TPSA) is 95.0 Å². The van der Waals surface area contributed by atoms with Crippen LogP contribution in [0.5, 0.6) is 0 Å². The van der Waals surface area contributed by atoms with Crippen molar-refractivity contribution in [2.24, 2.45) is 4.99 Å². The zero-order chi connectivity index (χ0) is 18.9. The molecule has 0 radical (unpaired) electrons. The lowest BCUT2D eigenvalue weighted by Gasteiger charge is -2.20. The number of hydrogen-bond donors (Lipinski definition) is 4. The maximum Gasteiger partial charge on any atom is 0.407 e. The molecule has 0 fully saturated rings. The van der Waals surface area contributed by atoms with Gasteiger partial charge in [0.15, 0.2) is 5.96 Å². The molecule has 0 spiro atoms. The number of halogens is 2. The van der Waals surface area contributed by atoms with E-state index in [9.17, 15) is 9.90 Å². The third-order valence-corrected chi connectivity index (χ3v) is 4.11. The number of ether oxygens (including phenoxy) is 1. The Morgan fingerprint density at radius 3 is 2.50 bits per heavy atom. The van der Waals surface area contributed by atoms with Crippen molar-refractivity contribution in [2.45, 2.75) is 39.4 Å². The summed E-state index contributed by atoms with van der Waals surface area (Å²) in [6, 6.07) is 3.54. The largest absolute Gasteiger partial charge is 0.444 e. The molecule has 0 aromatic carbocycles. The Kier molecular flexibility index (Phi) is 12.2. The predicted octanol–water partition coefficient (Wildman–Crippen LogP) is 3.13. The van der Waals surface area contributed by atoms with Gasteiger partial charge in [0.25, 0.3) is 0 Å². The Bertz CT molecular complexity index is 578. The number of nitrogens with one attached hydrogen (secondary N) is 3. The Labute approximate surface area is 181 Å². The van der Waals surface area contributed by atoms with E-state index >= 15 is 0 Å². The molecule has 26 heavy (non-hydrogen) atoms. The fourth-order valence-electron chi connectivity index (χ4n) is 1.78. The van der Waals surface area contributed by atoms with Crippen LogP contribution in [0, 0.1) is 0 Å². The zero-order valence-corrected chi connectivity index (χ0v) is 19.4. The molecule has 0 aliphatic heterocycles. The number of hydrogen-bond acceptors (Lipinski definition) is 5. The molecule has 1 rings (SSSR count). The molecule has 1 unspecified atom stereocenters. The van der Waals surface area contributed by atoms with E-state index in [1.807, 2.05) is 27.7 Å². The van der Waals surface area contributed by atoms with Crippen molar-refractivity contribution in [3.8, 4) is 0 Å². The summed E-state index contributed by atoms with van der Waals surface area (Å²) in [5.74, 6) is 0.565. The predicted molar refractivity (Wildman–Crippen MR) is 118 cm³/mol. The molecular formula is C16H28ClIN4O3S. The molecule has 1 atom stereocenters. The van der Waals surface area contributed by atoms with Gasteiger partial charge in [-0.05, 0) is 39.8 Å². The van der Waals surface area contributed by atoms with Gasteiger partial charge < -0.3 is 25.8 Å². The number of nitrogens with zero attached hydrogens (tertiary/aromatic N) is 1. The van der Waals surface area contributed by atoms with Crippen LogP contribution in [0.4, 0.5) is 4.79 Å². The van der Waals surface area contributed by atoms with E-state index in [4.69, 9.17) is 16.3 Å². The highest BCUT2D eigenvalue weighted by Gasteiger charge is 2.15. The fraction of sp³-hybridized carbons (Fsp3) is 0.625. The number of aliphatic hydroxyl groups is 1. The van der Waals surface area contributed by atoms with Crippen molar-refractivity contribution in [3.63, 3.8) is 0 Å². The van der Waals surface area contributed by atoms with Gasteiger partial charge in [-0.3, -0.25) is 4.99 Å². The van der Waals surface area contributed by atoms with Crippen molar-refractivity contribution in [1.29, 1.82) is 0 Å². The first kappa shape index (κ1) is 25.2. The Balaban J connectivity index is 0.00000625. The lowest BCUT2D eigenvalue weighted by atomic mass is 10.2. The molecule has 10 heteroatoms. The van der Waals surface area contributed by atoms with Crippen molar-refractivity contribution >= 4 is 59.0 Å². The highest BCUT2D eigenvalue weighted by atomic mass is 127. The van der Waals surface area contributed by atoms with Gasteiger partial charge in [-0.15, -0.1) is 35.3 Å². The Hall–Kier alpha value is -0.780. The molecule has 1 aromatic heterocycles. The van der Waals surface area contributed by atoms with E-state index in [0.29, 0.717) is 29.9 Å². The minimum Gasteiger partial charge on any atom is -0.444 e. The van der Waals surface area contributed by atoms with E-state index in [0.717, 1.165) is 4.88 Å². The minimum atomic E-state index is -0.701. The molecule has 0 aliphatic carbocycles. The Morgan fingerprint density at radius 1 is 1.31 bits per heavy atom. The van der Waals surface area contributed by atoms with E-state index < -0.39 is 17.8 Å². The quantitative estimate of drug-likeness (QED) is 0.193. The number of aliphatic imine (C=N–C) groups is 1. The minimum absolute atomic E-state index is 0. The van der Waals surface area contributed by atoms with Gasteiger partial charge in [-0.25, -0.2) is 4.79 Å². The zero-order valence-electron chi connectivity index (χ0n) is 15.5. The number of carbonyl (C=O) groups excluding carboxylic acids is 1. The molecule has 0 aliphatic rings. The first-order chi connectivity index (χ1) is 11.7. The normalized spacial score (nSPS) is 12.8. The summed E-state index contributed by atoms with van der Waals surface area (Å²) in [6.45, 7) is 9.16. The van der Waals surface area contributed by atoms with Crippen LogP contribution < -0.4 is 16.0 Å². The van der Waals surface area contributed by atoms with E-state index in [-0.39, 0.29) is 30.5 Å². The smallest absolute Gasteiger partial charge is 0.407 e. The van der Waals surface area contributed by atoms with Crippen LogP contribution >= 0.6 is 46.9 Å². The first-order valence-electron chi connectivity index (χ1n) is 8.13. The average molecular weight is 519 g/mol. The van der Waals surface area contributed by atoms with Crippen LogP contribution in [0.15, 0.2) is 17.1 Å². The summed E-state index contributed by atoms with van der Waals surface area (Å²) in [5.41, 5.74) is -0.519. The van der Waals surface area contributed by atoms with Crippen LogP contribution in [-0.4, -0.2) is 48.9 Å². The first-order valence-corrected chi connectivity index (χ1v) is 9.33. The number of rotatable bonds is 7. The van der Waals surface area contributed by atoms with Crippen molar-refractivity contribution in [1.82, 2.24) is 16.0 Å². The van der Waals surface area contributed by atoms with Crippen LogP contribution in [-0.2, 0) is 4.74 Å². The molecule has 1 aromatic rings. The van der Waals surface area contributed by atoms with Crippen molar-refractivity contribution < 1.29 is 14.6 Å². The van der Waals surface area contributed by atoms with Gasteiger partial charge >= 0.3 is 6.09 Å². The number of aliphatic hydroxyl groups excluding tert-OH is 1. The second-order valence-corrected chi connectivity index (χ2v) is 7.98. The van der Waals surface area contributed by atoms with Gasteiger partial charge in [0.2, 0.25) is 0 Å². The molecular weight excluding hydrogens is 491 g/mol. The van der Waals surface area contributed by atoms with Gasteiger partial charge in [0.05, 0.1) is 10.9 Å². The summed E-state index contributed by atoms with van der Waals surface area (Å²) in [7, 11) is 0. The lowest BCUT2D eigenvalue weighted by molar-refractivity contribution is 0.0529. The molecule has 1 amide bonds. The fourth-order valence-corrected chi connectivity index (χ4v) is 2.81. The second-order valence-electron chi connectivity index (χ2n) is 6.23. The molecule has 150 valence electrons. The highest BCUT2D eigenvalue weighted by Crippen LogP contribution is 2.26. The van der Waals surface area contributed by atoms with Crippen LogP contribution in [0.3, 0.4) is 0 Å². The number of thiophene rings is 1. The number of carbonyl (C=O) groups is 1. The van der Waals surface area contributed by atoms with E-state index in [1.165, 1.54) is 11.3 Å². The summed E-state index contributed by atoms with van der Waals surface area (Å²) < 4.78 is 5.79. The highest BCUT2D eigenvalue weighted by molar-refractivity contribution is 14.0. The third kappa shape index (κ3) is 11.0. The molecule has 0 saturated carbocycles. The second kappa shape index (κ2) is 12.6. The van der Waals surface area contributed by atoms with Crippen LogP contribution in [0.25, 0.3) is 0 Å². The maximum atomic E-state index is 11.6. The summed E-state index contributed by atoms with van der Waals surface area (Å²) >= 11 is 7.20. The third-order valence-electron chi connectivity index (χ3n) is 2.77. The van der Waals surface area contributed by atoms with Gasteiger partial charge in [0, 0.05) is 24.5 Å². The molecule has 4 N–H and O–H groups in total. The Morgan fingerprint density at radius 2 is 1.96 bits per heavy atom. The SMILES string of the molecule is CCNC(=NCC(O)c1ccc(Cl)s1)NCCNC(=O)OC(C)(C)C.I. The van der Waals surface area contributed by atoms with Crippen molar-refractivity contribution in [3.05, 3.63) is 21.3 Å². The molecule has 7 nitrogen and oxygen atoms in total. The van der Waals surface area contributed by atoms with Crippen LogP contribution in [0.2, 0.25) is 4.34 Å². The average Bonchev–Trinajstić information content (AvgIpc) is 2.93. The summed E-state index contributed by atoms with van der Waals surface area (Å²) in [6.07, 6.45) is -1.16. The van der Waals surface area contributed by atoms with Gasteiger partial charge in [0.1, 0.15) is 11.7 Å². The lowest BCUT2D eigenvalue weighted by Crippen LogP contribution is -2.42. The molecule has 1 heterocycles. The molecule has 0 saturated heterocycles. The number of guanidine groups is 1. The van der Waals surface area contributed by atoms with Gasteiger partial charge in [-0.2, -0.15) is 0 Å². The number of amides is 1. The number of alkyl carbamates (subject to hydrolysis) is 1. The van der Waals surface area contributed by atoms with E-state index in [1.54, 1.807) is 12.1 Å². The van der Waals surface area contributed by atoms with E-state index in [2.05, 4.69) is 20.9 Å².